The quantitative estimate of drug-likeness (QED) is 0.628. The number of amides is 1. The first-order chi connectivity index (χ1) is 5.61. The Bertz CT molecular complexity index is 198. The van der Waals surface area contributed by atoms with Gasteiger partial charge >= 0.3 is 5.97 Å². The van der Waals surface area contributed by atoms with E-state index in [1.807, 2.05) is 0 Å². The lowest BCUT2D eigenvalue weighted by atomic mass is 9.92. The van der Waals surface area contributed by atoms with Gasteiger partial charge in [0.2, 0.25) is 5.91 Å². The number of aliphatic carboxylic acids is 1. The Labute approximate surface area is 71.2 Å². The molecule has 0 unspecified atom stereocenters. The first-order valence-electron chi connectivity index (χ1n) is 4.08. The van der Waals surface area contributed by atoms with Crippen LogP contribution in [0.25, 0.3) is 0 Å². The summed E-state index contributed by atoms with van der Waals surface area (Å²) in [4.78, 5) is 22.9. The average Bonchev–Trinajstić information content (AvgIpc) is 1.81. The van der Waals surface area contributed by atoms with E-state index in [1.54, 1.807) is 11.9 Å². The lowest BCUT2D eigenvalue weighted by Gasteiger charge is -2.34. The molecule has 12 heavy (non-hydrogen) atoms. The topological polar surface area (TPSA) is 57.6 Å². The number of carboxylic acid groups (broad SMARTS) is 1. The molecule has 0 spiro atoms. The maximum absolute atomic E-state index is 11.1. The van der Waals surface area contributed by atoms with Gasteiger partial charge in [-0.15, -0.1) is 0 Å². The van der Waals surface area contributed by atoms with Crippen molar-refractivity contribution in [2.75, 3.05) is 7.05 Å². The molecule has 4 nitrogen and oxygen atoms in total. The van der Waals surface area contributed by atoms with Crippen LogP contribution in [-0.4, -0.2) is 35.0 Å². The molecule has 0 heterocycles. The SMILES string of the molecule is CN(C(=O)CC(=O)O)C1CCC1. The molecule has 1 amide bonds. The van der Waals surface area contributed by atoms with Crippen molar-refractivity contribution in [3.8, 4) is 0 Å². The maximum atomic E-state index is 11.1. The summed E-state index contributed by atoms with van der Waals surface area (Å²) in [6.45, 7) is 0. The van der Waals surface area contributed by atoms with Crippen LogP contribution in [0, 0.1) is 0 Å². The van der Waals surface area contributed by atoms with Crippen molar-refractivity contribution < 1.29 is 14.7 Å². The van der Waals surface area contributed by atoms with E-state index in [4.69, 9.17) is 5.11 Å². The summed E-state index contributed by atoms with van der Waals surface area (Å²) in [6, 6.07) is 0.289. The summed E-state index contributed by atoms with van der Waals surface area (Å²) in [7, 11) is 1.68. The van der Waals surface area contributed by atoms with Gasteiger partial charge in [0.25, 0.3) is 0 Å². The molecule has 0 radical (unpaired) electrons. The Balaban J connectivity index is 2.34. The second-order valence-corrected chi connectivity index (χ2v) is 3.16. The van der Waals surface area contributed by atoms with Crippen LogP contribution in [0.5, 0.6) is 0 Å². The van der Waals surface area contributed by atoms with Gasteiger partial charge in [-0.3, -0.25) is 9.59 Å². The van der Waals surface area contributed by atoms with Crippen LogP contribution in [0.2, 0.25) is 0 Å². The number of carbonyl (C=O) groups is 2. The average molecular weight is 171 g/mol. The predicted molar refractivity (Wildman–Crippen MR) is 42.7 cm³/mol. The first-order valence-corrected chi connectivity index (χ1v) is 4.08. The van der Waals surface area contributed by atoms with Crippen LogP contribution in [0.15, 0.2) is 0 Å². The van der Waals surface area contributed by atoms with Crippen molar-refractivity contribution in [1.82, 2.24) is 4.90 Å². The Morgan fingerprint density at radius 1 is 1.50 bits per heavy atom. The Morgan fingerprint density at radius 2 is 2.08 bits per heavy atom. The van der Waals surface area contributed by atoms with E-state index >= 15 is 0 Å². The minimum absolute atomic E-state index is 0.285. The molecule has 1 fully saturated rings. The molecule has 0 aliphatic heterocycles. The van der Waals surface area contributed by atoms with E-state index in [1.165, 1.54) is 0 Å². The van der Waals surface area contributed by atoms with Gasteiger partial charge in [0.05, 0.1) is 0 Å². The molecular weight excluding hydrogens is 158 g/mol. The molecule has 0 atom stereocenters. The normalized spacial score (nSPS) is 16.8. The summed E-state index contributed by atoms with van der Waals surface area (Å²) >= 11 is 0. The third-order valence-corrected chi connectivity index (χ3v) is 2.32. The summed E-state index contributed by atoms with van der Waals surface area (Å²) in [5.74, 6) is -1.33. The molecule has 1 saturated carbocycles. The standard InChI is InChI=1S/C8H13NO3/c1-9(6-3-2-4-6)7(10)5-8(11)12/h6H,2-5H2,1H3,(H,11,12). The minimum Gasteiger partial charge on any atom is -0.481 e. The van der Waals surface area contributed by atoms with E-state index < -0.39 is 5.97 Å². The van der Waals surface area contributed by atoms with Crippen molar-refractivity contribution in [1.29, 1.82) is 0 Å². The lowest BCUT2D eigenvalue weighted by molar-refractivity contribution is -0.145. The zero-order valence-corrected chi connectivity index (χ0v) is 7.12. The number of hydrogen-bond donors (Lipinski definition) is 1. The van der Waals surface area contributed by atoms with Gasteiger partial charge < -0.3 is 10.0 Å². The third kappa shape index (κ3) is 1.96. The summed E-state index contributed by atoms with van der Waals surface area (Å²) in [6.07, 6.45) is 2.80. The van der Waals surface area contributed by atoms with Gasteiger partial charge in [0, 0.05) is 13.1 Å². The van der Waals surface area contributed by atoms with Crippen LogP contribution >= 0.6 is 0 Å². The third-order valence-electron chi connectivity index (χ3n) is 2.32. The van der Waals surface area contributed by atoms with E-state index in [-0.39, 0.29) is 18.4 Å². The molecule has 0 aromatic rings. The fourth-order valence-electron chi connectivity index (χ4n) is 1.23. The van der Waals surface area contributed by atoms with Crippen molar-refractivity contribution in [3.63, 3.8) is 0 Å². The van der Waals surface area contributed by atoms with Gasteiger partial charge in [-0.2, -0.15) is 0 Å². The van der Waals surface area contributed by atoms with E-state index in [0.29, 0.717) is 0 Å². The number of hydrogen-bond acceptors (Lipinski definition) is 2. The molecular formula is C8H13NO3. The van der Waals surface area contributed by atoms with Crippen LogP contribution < -0.4 is 0 Å². The molecule has 4 heteroatoms. The highest BCUT2D eigenvalue weighted by molar-refractivity contribution is 5.93. The van der Waals surface area contributed by atoms with E-state index in [9.17, 15) is 9.59 Å². The molecule has 1 aliphatic carbocycles. The molecule has 1 rings (SSSR count). The summed E-state index contributed by atoms with van der Waals surface area (Å²) < 4.78 is 0. The molecule has 0 bridgehead atoms. The van der Waals surface area contributed by atoms with Crippen LogP contribution in [0.3, 0.4) is 0 Å². The second kappa shape index (κ2) is 3.56. The lowest BCUT2D eigenvalue weighted by Crippen LogP contribution is -2.41. The fourth-order valence-corrected chi connectivity index (χ4v) is 1.23. The molecule has 1 aliphatic rings. The van der Waals surface area contributed by atoms with Gasteiger partial charge in [-0.25, -0.2) is 0 Å². The number of rotatable bonds is 3. The fraction of sp³-hybridized carbons (Fsp3) is 0.750. The highest BCUT2D eigenvalue weighted by Gasteiger charge is 2.26. The zero-order chi connectivity index (χ0) is 9.14. The molecule has 0 aromatic heterocycles. The number of carboxylic acids is 1. The maximum Gasteiger partial charge on any atom is 0.312 e. The second-order valence-electron chi connectivity index (χ2n) is 3.16. The Kier molecular flexibility index (Phi) is 2.68. The highest BCUT2D eigenvalue weighted by Crippen LogP contribution is 2.23. The van der Waals surface area contributed by atoms with Crippen molar-refractivity contribution in [2.45, 2.75) is 31.7 Å². The van der Waals surface area contributed by atoms with Crippen molar-refractivity contribution >= 4 is 11.9 Å². The largest absolute Gasteiger partial charge is 0.481 e. The van der Waals surface area contributed by atoms with Gasteiger partial charge in [-0.1, -0.05) is 0 Å². The van der Waals surface area contributed by atoms with Gasteiger partial charge in [-0.05, 0) is 19.3 Å². The molecule has 68 valence electrons. The molecule has 0 aromatic carbocycles. The van der Waals surface area contributed by atoms with E-state index in [2.05, 4.69) is 0 Å². The Hall–Kier alpha value is -1.06. The van der Waals surface area contributed by atoms with E-state index in [0.717, 1.165) is 19.3 Å². The Morgan fingerprint density at radius 3 is 2.42 bits per heavy atom. The summed E-state index contributed by atoms with van der Waals surface area (Å²) in [5.41, 5.74) is 0. The predicted octanol–water partition coefficient (Wildman–Crippen LogP) is 0.472. The molecule has 1 N–H and O–H groups in total. The first kappa shape index (κ1) is 9.03. The van der Waals surface area contributed by atoms with Crippen molar-refractivity contribution in [2.24, 2.45) is 0 Å². The van der Waals surface area contributed by atoms with Crippen LogP contribution in [-0.2, 0) is 9.59 Å². The smallest absolute Gasteiger partial charge is 0.312 e. The van der Waals surface area contributed by atoms with Crippen molar-refractivity contribution in [3.05, 3.63) is 0 Å². The monoisotopic (exact) mass is 171 g/mol. The minimum atomic E-state index is -1.05. The summed E-state index contributed by atoms with van der Waals surface area (Å²) in [5, 5.41) is 8.36. The van der Waals surface area contributed by atoms with Gasteiger partial charge in [0.15, 0.2) is 0 Å². The zero-order valence-electron chi connectivity index (χ0n) is 7.12. The highest BCUT2D eigenvalue weighted by atomic mass is 16.4. The number of carbonyl (C=O) groups excluding carboxylic acids is 1. The van der Waals surface area contributed by atoms with Crippen LogP contribution in [0.1, 0.15) is 25.7 Å². The molecule has 0 saturated heterocycles. The number of nitrogens with zero attached hydrogens (tertiary/aromatic N) is 1. The van der Waals surface area contributed by atoms with Crippen LogP contribution in [0.4, 0.5) is 0 Å². The van der Waals surface area contributed by atoms with Gasteiger partial charge in [0.1, 0.15) is 6.42 Å².